The maximum atomic E-state index is 13.3. The van der Waals surface area contributed by atoms with E-state index in [0.717, 1.165) is 33.9 Å². The van der Waals surface area contributed by atoms with E-state index in [1.165, 1.54) is 28.6 Å². The minimum Gasteiger partial charge on any atom is -0.452 e. The van der Waals surface area contributed by atoms with Crippen molar-refractivity contribution < 1.29 is 22.7 Å². The Morgan fingerprint density at radius 3 is 2.50 bits per heavy atom. The van der Waals surface area contributed by atoms with Crippen LogP contribution in [0.5, 0.6) is 0 Å². The van der Waals surface area contributed by atoms with Gasteiger partial charge in [0.15, 0.2) is 6.61 Å². The van der Waals surface area contributed by atoms with Crippen LogP contribution in [0.1, 0.15) is 22.8 Å². The summed E-state index contributed by atoms with van der Waals surface area (Å²) in [6, 6.07) is 26.9. The number of carbonyl (C=O) groups excluding carboxylic acids is 2. The smallest absolute Gasteiger partial charge is 0.338 e. The van der Waals surface area contributed by atoms with Crippen molar-refractivity contribution in [2.24, 2.45) is 0 Å². The van der Waals surface area contributed by atoms with E-state index < -0.39 is 28.5 Å². The number of aryl methyl sites for hydroxylation is 1. The molecule has 9 heteroatoms. The lowest BCUT2D eigenvalue weighted by Crippen LogP contribution is -2.29. The highest BCUT2D eigenvalue weighted by Crippen LogP contribution is 2.33. The van der Waals surface area contributed by atoms with Crippen molar-refractivity contribution >= 4 is 55.1 Å². The molecule has 6 rings (SSSR count). The monoisotopic (exact) mass is 553 g/mol. The molecule has 0 radical (unpaired) electrons. The Balaban J connectivity index is 1.14. The van der Waals surface area contributed by atoms with Gasteiger partial charge in [0, 0.05) is 40.6 Å². The summed E-state index contributed by atoms with van der Waals surface area (Å²) in [5.74, 6) is -1.28. The SMILES string of the molecule is CCn1c2ccccc2c2cc(NC(=O)COC(=O)c3cccc(S(=O)(=O)N4CCc5ccccc54)c3)ccc21. The van der Waals surface area contributed by atoms with Crippen molar-refractivity contribution in [3.63, 3.8) is 0 Å². The van der Waals surface area contributed by atoms with Crippen LogP contribution in [0.15, 0.2) is 95.9 Å². The Hall–Kier alpha value is -4.63. The summed E-state index contributed by atoms with van der Waals surface area (Å²) in [7, 11) is -3.87. The zero-order valence-electron chi connectivity index (χ0n) is 21.8. The number of rotatable bonds is 7. The van der Waals surface area contributed by atoms with E-state index in [-0.39, 0.29) is 10.5 Å². The van der Waals surface area contributed by atoms with Crippen LogP contribution in [0.2, 0.25) is 0 Å². The van der Waals surface area contributed by atoms with Crippen molar-refractivity contribution in [2.75, 3.05) is 22.8 Å². The number of amides is 1. The van der Waals surface area contributed by atoms with Gasteiger partial charge >= 0.3 is 5.97 Å². The first-order valence-corrected chi connectivity index (χ1v) is 14.5. The molecule has 1 aliphatic heterocycles. The third-order valence-corrected chi connectivity index (χ3v) is 9.02. The van der Waals surface area contributed by atoms with Gasteiger partial charge in [-0.1, -0.05) is 42.5 Å². The number of ether oxygens (including phenoxy) is 1. The van der Waals surface area contributed by atoms with Crippen LogP contribution in [0, 0.1) is 0 Å². The molecule has 0 fully saturated rings. The van der Waals surface area contributed by atoms with Crippen LogP contribution in [0.4, 0.5) is 11.4 Å². The minimum absolute atomic E-state index is 0.0114. The third kappa shape index (κ3) is 4.48. The normalized spacial score (nSPS) is 13.0. The molecule has 1 aromatic heterocycles. The molecule has 0 saturated carbocycles. The first-order chi connectivity index (χ1) is 19.4. The molecular formula is C31H27N3O5S. The largest absolute Gasteiger partial charge is 0.452 e. The van der Waals surface area contributed by atoms with E-state index in [9.17, 15) is 18.0 Å². The molecule has 202 valence electrons. The molecule has 5 aromatic rings. The molecule has 0 saturated heterocycles. The number of fused-ring (bicyclic) bond motifs is 4. The number of carbonyl (C=O) groups is 2. The summed E-state index contributed by atoms with van der Waals surface area (Å²) in [6.07, 6.45) is 0.625. The summed E-state index contributed by atoms with van der Waals surface area (Å²) in [5, 5.41) is 4.90. The summed E-state index contributed by atoms with van der Waals surface area (Å²) >= 11 is 0. The van der Waals surface area contributed by atoms with Gasteiger partial charge < -0.3 is 14.6 Å². The lowest BCUT2D eigenvalue weighted by molar-refractivity contribution is -0.119. The molecule has 0 bridgehead atoms. The number of sulfonamides is 1. The second-order valence-electron chi connectivity index (χ2n) is 9.60. The third-order valence-electron chi connectivity index (χ3n) is 7.21. The molecule has 40 heavy (non-hydrogen) atoms. The summed E-state index contributed by atoms with van der Waals surface area (Å²) in [4.78, 5) is 25.4. The summed E-state index contributed by atoms with van der Waals surface area (Å²) in [6.45, 7) is 2.73. The van der Waals surface area contributed by atoms with Crippen LogP contribution in [-0.2, 0) is 32.5 Å². The number of esters is 1. The van der Waals surface area contributed by atoms with Crippen molar-refractivity contribution in [2.45, 2.75) is 24.8 Å². The number of nitrogens with one attached hydrogen (secondary N) is 1. The van der Waals surface area contributed by atoms with Gasteiger partial charge in [0.2, 0.25) is 0 Å². The number of anilines is 2. The molecule has 0 unspecified atom stereocenters. The topological polar surface area (TPSA) is 97.7 Å². The zero-order valence-corrected chi connectivity index (χ0v) is 22.6. The van der Waals surface area contributed by atoms with Crippen LogP contribution >= 0.6 is 0 Å². The first kappa shape index (κ1) is 25.6. The molecule has 8 nitrogen and oxygen atoms in total. The van der Waals surface area contributed by atoms with Gasteiger partial charge in [-0.3, -0.25) is 9.10 Å². The van der Waals surface area contributed by atoms with Gasteiger partial charge in [-0.05, 0) is 67.4 Å². The van der Waals surface area contributed by atoms with Crippen LogP contribution in [0.25, 0.3) is 21.8 Å². The Morgan fingerprint density at radius 2 is 1.65 bits per heavy atom. The average Bonchev–Trinajstić information content (AvgIpc) is 3.55. The predicted molar refractivity (Wildman–Crippen MR) is 155 cm³/mol. The standard InChI is InChI=1S/C31H27N3O5S/c1-2-33-28-13-6-4-11-25(28)26-19-23(14-15-29(26)33)32-30(35)20-39-31(36)22-9-7-10-24(18-22)40(37,38)34-17-16-21-8-3-5-12-27(21)34/h3-15,18-19H,2,16-17,20H2,1H3,(H,32,35). The molecular weight excluding hydrogens is 526 g/mol. The number of aromatic nitrogens is 1. The highest BCUT2D eigenvalue weighted by Gasteiger charge is 2.31. The summed E-state index contributed by atoms with van der Waals surface area (Å²) in [5.41, 5.74) is 4.44. The van der Waals surface area contributed by atoms with Crippen LogP contribution < -0.4 is 9.62 Å². The number of nitrogens with zero attached hydrogens (tertiary/aromatic N) is 2. The second-order valence-corrected chi connectivity index (χ2v) is 11.5. The van der Waals surface area contributed by atoms with E-state index in [0.29, 0.717) is 24.3 Å². The fraction of sp³-hybridized carbons (Fsp3) is 0.161. The number of hydrogen-bond donors (Lipinski definition) is 1. The molecule has 0 atom stereocenters. The Morgan fingerprint density at radius 1 is 0.875 bits per heavy atom. The van der Waals surface area contributed by atoms with Gasteiger partial charge in [0.25, 0.3) is 15.9 Å². The Labute approximate surface area is 231 Å². The molecule has 1 amide bonds. The van der Waals surface area contributed by atoms with E-state index in [1.807, 2.05) is 48.5 Å². The Kier molecular flexibility index (Phi) is 6.51. The quantitative estimate of drug-likeness (QED) is 0.274. The number of benzene rings is 4. The van der Waals surface area contributed by atoms with Gasteiger partial charge in [-0.15, -0.1) is 0 Å². The highest BCUT2D eigenvalue weighted by molar-refractivity contribution is 7.92. The predicted octanol–water partition coefficient (Wildman–Crippen LogP) is 5.36. The maximum Gasteiger partial charge on any atom is 0.338 e. The van der Waals surface area contributed by atoms with E-state index in [2.05, 4.69) is 22.9 Å². The van der Waals surface area contributed by atoms with Crippen molar-refractivity contribution in [1.29, 1.82) is 0 Å². The van der Waals surface area contributed by atoms with Gasteiger partial charge in [0.1, 0.15) is 0 Å². The van der Waals surface area contributed by atoms with E-state index in [1.54, 1.807) is 12.1 Å². The van der Waals surface area contributed by atoms with Crippen molar-refractivity contribution in [3.05, 3.63) is 102 Å². The molecule has 1 N–H and O–H groups in total. The average molecular weight is 554 g/mol. The second kappa shape index (κ2) is 10.2. The fourth-order valence-electron chi connectivity index (χ4n) is 5.35. The highest BCUT2D eigenvalue weighted by atomic mass is 32.2. The van der Waals surface area contributed by atoms with Gasteiger partial charge in [-0.2, -0.15) is 0 Å². The molecule has 2 heterocycles. The number of hydrogen-bond acceptors (Lipinski definition) is 5. The zero-order chi connectivity index (χ0) is 27.9. The van der Waals surface area contributed by atoms with Crippen LogP contribution in [0.3, 0.4) is 0 Å². The van der Waals surface area contributed by atoms with Crippen LogP contribution in [-0.4, -0.2) is 38.0 Å². The first-order valence-electron chi connectivity index (χ1n) is 13.1. The van der Waals surface area contributed by atoms with Gasteiger partial charge in [-0.25, -0.2) is 13.2 Å². The lowest BCUT2D eigenvalue weighted by atomic mass is 10.1. The summed E-state index contributed by atoms with van der Waals surface area (Å²) < 4.78 is 35.5. The molecule has 1 aliphatic rings. The molecule has 4 aromatic carbocycles. The maximum absolute atomic E-state index is 13.3. The molecule has 0 spiro atoms. The fourth-order valence-corrected chi connectivity index (χ4v) is 6.90. The molecule has 0 aliphatic carbocycles. The van der Waals surface area contributed by atoms with Gasteiger partial charge in [0.05, 0.1) is 16.1 Å². The minimum atomic E-state index is -3.87. The van der Waals surface area contributed by atoms with E-state index in [4.69, 9.17) is 4.74 Å². The van der Waals surface area contributed by atoms with Crippen molar-refractivity contribution in [3.8, 4) is 0 Å². The van der Waals surface area contributed by atoms with E-state index >= 15 is 0 Å². The van der Waals surface area contributed by atoms with Crippen molar-refractivity contribution in [1.82, 2.24) is 4.57 Å². The Bertz CT molecular complexity index is 1890. The number of para-hydroxylation sites is 2. The lowest BCUT2D eigenvalue weighted by Gasteiger charge is -2.19.